The lowest BCUT2D eigenvalue weighted by molar-refractivity contribution is -0.149. The van der Waals surface area contributed by atoms with Crippen molar-refractivity contribution in [2.24, 2.45) is 0 Å². The van der Waals surface area contributed by atoms with Crippen LogP contribution < -0.4 is 10.6 Å². The summed E-state index contributed by atoms with van der Waals surface area (Å²) in [6.07, 6.45) is 8.77. The number of rotatable bonds is 7. The lowest BCUT2D eigenvalue weighted by Gasteiger charge is -2.38. The highest BCUT2D eigenvalue weighted by atomic mass is 16.4. The minimum Gasteiger partial charge on any atom is -0.480 e. The van der Waals surface area contributed by atoms with E-state index in [4.69, 9.17) is 11.5 Å². The van der Waals surface area contributed by atoms with Crippen LogP contribution in [-0.4, -0.2) is 34.6 Å². The van der Waals surface area contributed by atoms with E-state index in [1.165, 1.54) is 0 Å². The minimum atomic E-state index is -0.922. The third kappa shape index (κ3) is 3.27. The first-order chi connectivity index (χ1) is 8.93. The van der Waals surface area contributed by atoms with Crippen LogP contribution in [0.1, 0.15) is 46.0 Å². The molecule has 0 radical (unpaired) electrons. The van der Waals surface area contributed by atoms with Gasteiger partial charge in [0.2, 0.25) is 5.91 Å². The van der Waals surface area contributed by atoms with Crippen LogP contribution in [0.3, 0.4) is 0 Å². The molecule has 1 saturated carbocycles. The quantitative estimate of drug-likeness (QED) is 0.598. The predicted octanol–water partition coefficient (Wildman–Crippen LogP) is 0.891. The Morgan fingerprint density at radius 3 is 2.26 bits per heavy atom. The molecule has 1 amide bonds. The number of carbonyl (C=O) groups excluding carboxylic acids is 1. The van der Waals surface area contributed by atoms with E-state index in [1.54, 1.807) is 0 Å². The number of amides is 1. The molecule has 0 aromatic carbocycles. The Hall–Kier alpha value is -1.54. The summed E-state index contributed by atoms with van der Waals surface area (Å²) in [5, 5.41) is 14.8. The van der Waals surface area contributed by atoms with Crippen LogP contribution in [0.4, 0.5) is 0 Å². The van der Waals surface area contributed by atoms with Crippen molar-refractivity contribution in [1.82, 2.24) is 10.6 Å². The van der Waals surface area contributed by atoms with Gasteiger partial charge in [0.05, 0.1) is 6.54 Å². The highest BCUT2D eigenvalue weighted by Crippen LogP contribution is 2.31. The summed E-state index contributed by atoms with van der Waals surface area (Å²) in [7, 11) is 0. The van der Waals surface area contributed by atoms with Crippen LogP contribution in [0, 0.1) is 12.3 Å². The number of terminal acetylenes is 1. The van der Waals surface area contributed by atoms with E-state index >= 15 is 0 Å². The molecule has 106 valence electrons. The summed E-state index contributed by atoms with van der Waals surface area (Å²) < 4.78 is 0. The molecule has 3 N–H and O–H groups in total. The van der Waals surface area contributed by atoms with E-state index in [-0.39, 0.29) is 12.5 Å². The van der Waals surface area contributed by atoms with Gasteiger partial charge in [-0.2, -0.15) is 0 Å². The third-order valence-electron chi connectivity index (χ3n) is 4.07. The summed E-state index contributed by atoms with van der Waals surface area (Å²) in [4.78, 5) is 23.0. The Morgan fingerprint density at radius 1 is 1.37 bits per heavy atom. The Bertz CT molecular complexity index is 390. The molecule has 0 spiro atoms. The largest absolute Gasteiger partial charge is 0.480 e. The van der Waals surface area contributed by atoms with Crippen LogP contribution in [-0.2, 0) is 9.59 Å². The zero-order valence-corrected chi connectivity index (χ0v) is 11.6. The number of aliphatic carboxylic acids is 1. The highest BCUT2D eigenvalue weighted by Gasteiger charge is 2.44. The molecule has 0 atom stereocenters. The van der Waals surface area contributed by atoms with Crippen LogP contribution in [0.5, 0.6) is 0 Å². The van der Waals surface area contributed by atoms with E-state index in [1.807, 2.05) is 13.8 Å². The van der Waals surface area contributed by atoms with Gasteiger partial charge in [-0.15, -0.1) is 6.42 Å². The molecule has 0 unspecified atom stereocenters. The fourth-order valence-corrected chi connectivity index (χ4v) is 2.22. The summed E-state index contributed by atoms with van der Waals surface area (Å²) in [5.41, 5.74) is -1.55. The molecule has 5 nitrogen and oxygen atoms in total. The van der Waals surface area contributed by atoms with Crippen LogP contribution in [0.15, 0.2) is 0 Å². The fraction of sp³-hybridized carbons (Fsp3) is 0.714. The average molecular weight is 266 g/mol. The van der Waals surface area contributed by atoms with Gasteiger partial charge in [0, 0.05) is 0 Å². The van der Waals surface area contributed by atoms with Crippen molar-refractivity contribution in [3.05, 3.63) is 0 Å². The van der Waals surface area contributed by atoms with Crippen molar-refractivity contribution in [3.63, 3.8) is 0 Å². The Labute approximate surface area is 114 Å². The number of carboxylic acid groups (broad SMARTS) is 1. The highest BCUT2D eigenvalue weighted by molar-refractivity contribution is 5.83. The van der Waals surface area contributed by atoms with Crippen molar-refractivity contribution in [3.8, 4) is 12.3 Å². The second-order valence-electron chi connectivity index (χ2n) is 5.08. The van der Waals surface area contributed by atoms with Gasteiger partial charge >= 0.3 is 5.97 Å². The first-order valence-electron chi connectivity index (χ1n) is 6.71. The van der Waals surface area contributed by atoms with E-state index in [0.29, 0.717) is 25.7 Å². The third-order valence-corrected chi connectivity index (χ3v) is 4.07. The number of hydrogen-bond donors (Lipinski definition) is 3. The average Bonchev–Trinajstić information content (AvgIpc) is 2.34. The summed E-state index contributed by atoms with van der Waals surface area (Å²) >= 11 is 0. The monoisotopic (exact) mass is 266 g/mol. The molecule has 1 aliphatic rings. The van der Waals surface area contributed by atoms with Crippen LogP contribution in [0.25, 0.3) is 0 Å². The van der Waals surface area contributed by atoms with Gasteiger partial charge in [0.1, 0.15) is 11.1 Å². The van der Waals surface area contributed by atoms with Gasteiger partial charge in [0.25, 0.3) is 0 Å². The summed E-state index contributed by atoms with van der Waals surface area (Å²) in [6.45, 7) is 3.82. The predicted molar refractivity (Wildman–Crippen MR) is 72.5 cm³/mol. The van der Waals surface area contributed by atoms with Crippen molar-refractivity contribution >= 4 is 11.9 Å². The number of carboxylic acids is 1. The SMILES string of the molecule is C#CC(CC)(CC)NC(=O)CNC1(C(=O)O)CCC1. The molecule has 0 aromatic rings. The van der Waals surface area contributed by atoms with Gasteiger partial charge in [-0.3, -0.25) is 14.9 Å². The second-order valence-corrected chi connectivity index (χ2v) is 5.08. The first-order valence-corrected chi connectivity index (χ1v) is 6.71. The minimum absolute atomic E-state index is 0.0181. The van der Waals surface area contributed by atoms with Gasteiger partial charge in [-0.25, -0.2) is 0 Å². The van der Waals surface area contributed by atoms with Crippen molar-refractivity contribution in [2.45, 2.75) is 57.0 Å². The van der Waals surface area contributed by atoms with Gasteiger partial charge in [-0.05, 0) is 32.1 Å². The lowest BCUT2D eigenvalue weighted by Crippen LogP contribution is -2.60. The van der Waals surface area contributed by atoms with Crippen LogP contribution in [0.2, 0.25) is 0 Å². The lowest BCUT2D eigenvalue weighted by atomic mass is 9.77. The standard InChI is InChI=1S/C14H22N2O3/c1-4-13(5-2,6-3)16-11(17)10-15-14(12(18)19)8-7-9-14/h1,15H,5-10H2,2-3H3,(H,16,17)(H,18,19). The van der Waals surface area contributed by atoms with E-state index < -0.39 is 17.0 Å². The van der Waals surface area contributed by atoms with Crippen molar-refractivity contribution in [2.75, 3.05) is 6.54 Å². The molecule has 0 aliphatic heterocycles. The number of carbonyl (C=O) groups is 2. The smallest absolute Gasteiger partial charge is 0.323 e. The van der Waals surface area contributed by atoms with Crippen LogP contribution >= 0.6 is 0 Å². The topological polar surface area (TPSA) is 78.4 Å². The first kappa shape index (κ1) is 15.5. The Balaban J connectivity index is 2.52. The molecule has 5 heteroatoms. The second kappa shape index (κ2) is 6.07. The summed E-state index contributed by atoms with van der Waals surface area (Å²) in [6, 6.07) is 0. The molecule has 0 saturated heterocycles. The van der Waals surface area contributed by atoms with Gasteiger partial charge in [0.15, 0.2) is 0 Å². The zero-order chi connectivity index (χ0) is 14.5. The maximum Gasteiger partial charge on any atom is 0.323 e. The molecule has 1 aliphatic carbocycles. The number of hydrogen-bond acceptors (Lipinski definition) is 3. The molecule has 0 bridgehead atoms. The fourth-order valence-electron chi connectivity index (χ4n) is 2.22. The maximum atomic E-state index is 11.9. The number of nitrogens with one attached hydrogen (secondary N) is 2. The Morgan fingerprint density at radius 2 is 1.95 bits per heavy atom. The molecular formula is C14H22N2O3. The van der Waals surface area contributed by atoms with Crippen molar-refractivity contribution in [1.29, 1.82) is 0 Å². The van der Waals surface area contributed by atoms with Crippen molar-refractivity contribution < 1.29 is 14.7 Å². The zero-order valence-electron chi connectivity index (χ0n) is 11.6. The molecule has 1 fully saturated rings. The maximum absolute atomic E-state index is 11.9. The van der Waals surface area contributed by atoms with Gasteiger partial charge in [-0.1, -0.05) is 19.8 Å². The molecule has 19 heavy (non-hydrogen) atoms. The molecule has 0 heterocycles. The summed E-state index contributed by atoms with van der Waals surface area (Å²) in [5.74, 6) is 1.47. The molecule has 0 aromatic heterocycles. The van der Waals surface area contributed by atoms with E-state index in [2.05, 4.69) is 16.6 Å². The van der Waals surface area contributed by atoms with E-state index in [0.717, 1.165) is 6.42 Å². The van der Waals surface area contributed by atoms with E-state index in [9.17, 15) is 9.59 Å². The van der Waals surface area contributed by atoms with Gasteiger partial charge < -0.3 is 10.4 Å². The molecular weight excluding hydrogens is 244 g/mol. The Kier molecular flexibility index (Phi) is 4.96. The normalized spacial score (nSPS) is 17.1. The molecule has 1 rings (SSSR count).